The number of carbonyl (C=O) groups is 2. The van der Waals surface area contributed by atoms with Crippen LogP contribution in [0.15, 0.2) is 29.2 Å². The smallest absolute Gasteiger partial charge is 0.238 e. The van der Waals surface area contributed by atoms with Crippen molar-refractivity contribution in [3.8, 4) is 0 Å². The summed E-state index contributed by atoms with van der Waals surface area (Å²) in [6, 6.07) is 6.30. The number of hydrogen-bond donors (Lipinski definition) is 1. The number of primary sulfonamides is 1. The molecule has 144 valence electrons. The van der Waals surface area contributed by atoms with Crippen LogP contribution >= 0.6 is 0 Å². The molecular formula is C18H27N3O4S. The lowest BCUT2D eigenvalue weighted by atomic mass is 10.1. The monoisotopic (exact) mass is 381 g/mol. The van der Waals surface area contributed by atoms with E-state index >= 15 is 0 Å². The van der Waals surface area contributed by atoms with Crippen molar-refractivity contribution < 1.29 is 18.0 Å². The number of nitrogens with two attached hydrogens (primary N) is 1. The van der Waals surface area contributed by atoms with Crippen LogP contribution in [0.5, 0.6) is 0 Å². The van der Waals surface area contributed by atoms with Crippen molar-refractivity contribution in [1.29, 1.82) is 0 Å². The van der Waals surface area contributed by atoms with E-state index in [9.17, 15) is 18.0 Å². The van der Waals surface area contributed by atoms with E-state index in [4.69, 9.17) is 5.14 Å². The average molecular weight is 381 g/mol. The molecule has 1 aliphatic heterocycles. The summed E-state index contributed by atoms with van der Waals surface area (Å²) in [5, 5.41) is 5.08. The third-order valence-corrected chi connectivity index (χ3v) is 5.60. The van der Waals surface area contributed by atoms with Gasteiger partial charge in [-0.2, -0.15) is 0 Å². The Kier molecular flexibility index (Phi) is 7.16. The fourth-order valence-electron chi connectivity index (χ4n) is 3.07. The van der Waals surface area contributed by atoms with Crippen LogP contribution in [-0.4, -0.2) is 56.2 Å². The Hall–Kier alpha value is -1.93. The molecule has 0 aromatic heterocycles. The molecule has 26 heavy (non-hydrogen) atoms. The molecule has 0 atom stereocenters. The number of sulfonamides is 1. The number of nitrogens with zero attached hydrogens (tertiary/aromatic N) is 2. The van der Waals surface area contributed by atoms with Crippen molar-refractivity contribution in [2.24, 2.45) is 5.14 Å². The van der Waals surface area contributed by atoms with Gasteiger partial charge in [-0.25, -0.2) is 13.6 Å². The van der Waals surface area contributed by atoms with Crippen LogP contribution in [0.4, 0.5) is 0 Å². The molecule has 0 unspecified atom stereocenters. The largest absolute Gasteiger partial charge is 0.343 e. The van der Waals surface area contributed by atoms with Gasteiger partial charge in [-0.15, -0.1) is 0 Å². The second kappa shape index (κ2) is 9.14. The van der Waals surface area contributed by atoms with Crippen LogP contribution in [0.1, 0.15) is 38.2 Å². The van der Waals surface area contributed by atoms with Gasteiger partial charge in [-0.1, -0.05) is 12.1 Å². The molecule has 2 N–H and O–H groups in total. The summed E-state index contributed by atoms with van der Waals surface area (Å²) in [4.78, 5) is 27.7. The molecule has 1 aromatic rings. The first-order chi connectivity index (χ1) is 12.3. The Morgan fingerprint density at radius 3 is 2.23 bits per heavy atom. The van der Waals surface area contributed by atoms with E-state index in [1.54, 1.807) is 17.0 Å². The van der Waals surface area contributed by atoms with E-state index in [0.717, 1.165) is 31.5 Å². The Morgan fingerprint density at radius 2 is 1.69 bits per heavy atom. The van der Waals surface area contributed by atoms with E-state index in [1.807, 2.05) is 4.90 Å². The lowest BCUT2D eigenvalue weighted by Crippen LogP contribution is -2.39. The molecule has 1 heterocycles. The van der Waals surface area contributed by atoms with E-state index in [1.165, 1.54) is 25.5 Å². The van der Waals surface area contributed by atoms with Gasteiger partial charge < -0.3 is 9.80 Å². The lowest BCUT2D eigenvalue weighted by Gasteiger charge is -2.28. The summed E-state index contributed by atoms with van der Waals surface area (Å²) < 4.78 is 22.5. The summed E-state index contributed by atoms with van der Waals surface area (Å²) in [6.45, 7) is 4.01. The Morgan fingerprint density at radius 1 is 1.08 bits per heavy atom. The molecule has 2 amide bonds. The van der Waals surface area contributed by atoms with Crippen molar-refractivity contribution in [2.75, 3.05) is 26.2 Å². The predicted molar refractivity (Wildman–Crippen MR) is 98.8 cm³/mol. The average Bonchev–Trinajstić information content (AvgIpc) is 2.61. The van der Waals surface area contributed by atoms with Crippen molar-refractivity contribution in [3.05, 3.63) is 29.8 Å². The van der Waals surface area contributed by atoms with Gasteiger partial charge in [-0.3, -0.25) is 9.59 Å². The lowest BCUT2D eigenvalue weighted by molar-refractivity contribution is -0.134. The first-order valence-corrected chi connectivity index (χ1v) is 10.5. The highest BCUT2D eigenvalue weighted by molar-refractivity contribution is 7.89. The van der Waals surface area contributed by atoms with Crippen LogP contribution in [0.25, 0.3) is 0 Å². The van der Waals surface area contributed by atoms with Gasteiger partial charge in [0.1, 0.15) is 0 Å². The third-order valence-electron chi connectivity index (χ3n) is 4.67. The van der Waals surface area contributed by atoms with Gasteiger partial charge in [0, 0.05) is 39.5 Å². The molecule has 1 fully saturated rings. The second-order valence-electron chi connectivity index (χ2n) is 6.64. The summed E-state index contributed by atoms with van der Waals surface area (Å²) in [6.07, 6.45) is 4.20. The Balaban J connectivity index is 1.85. The topological polar surface area (TPSA) is 101 Å². The molecular weight excluding hydrogens is 354 g/mol. The molecule has 0 radical (unpaired) electrons. The minimum absolute atomic E-state index is 0.0665. The highest BCUT2D eigenvalue weighted by atomic mass is 32.2. The molecule has 1 aromatic carbocycles. The van der Waals surface area contributed by atoms with E-state index in [-0.39, 0.29) is 16.7 Å². The molecule has 7 nitrogen and oxygen atoms in total. The van der Waals surface area contributed by atoms with Gasteiger partial charge in [0.15, 0.2) is 0 Å². The zero-order valence-corrected chi connectivity index (χ0v) is 16.0. The number of hydrogen-bond acceptors (Lipinski definition) is 4. The number of likely N-dealkylation sites (tertiary alicyclic amines) is 1. The number of carbonyl (C=O) groups excluding carboxylic acids is 2. The minimum Gasteiger partial charge on any atom is -0.343 e. The molecule has 8 heteroatoms. The highest BCUT2D eigenvalue weighted by Gasteiger charge is 2.18. The summed E-state index contributed by atoms with van der Waals surface area (Å²) >= 11 is 0. The van der Waals surface area contributed by atoms with Crippen LogP contribution in [0.3, 0.4) is 0 Å². The van der Waals surface area contributed by atoms with Gasteiger partial charge in [0.25, 0.3) is 0 Å². The Labute approximate surface area is 155 Å². The predicted octanol–water partition coefficient (Wildman–Crippen LogP) is 1.13. The fourth-order valence-corrected chi connectivity index (χ4v) is 3.58. The first kappa shape index (κ1) is 20.4. The molecule has 0 spiro atoms. The number of rotatable bonds is 7. The van der Waals surface area contributed by atoms with E-state index in [0.29, 0.717) is 25.9 Å². The van der Waals surface area contributed by atoms with Gasteiger partial charge in [-0.05, 0) is 43.4 Å². The van der Waals surface area contributed by atoms with Crippen LogP contribution in [0, 0.1) is 0 Å². The van der Waals surface area contributed by atoms with Crippen molar-refractivity contribution in [3.63, 3.8) is 0 Å². The van der Waals surface area contributed by atoms with Gasteiger partial charge in [0.2, 0.25) is 21.8 Å². The van der Waals surface area contributed by atoms with Crippen molar-refractivity contribution >= 4 is 21.8 Å². The molecule has 0 saturated carbocycles. The maximum atomic E-state index is 12.3. The first-order valence-electron chi connectivity index (χ1n) is 8.92. The number of amides is 2. The molecule has 1 aliphatic rings. The van der Waals surface area contributed by atoms with Crippen molar-refractivity contribution in [2.45, 2.75) is 43.9 Å². The molecule has 2 rings (SSSR count). The SMILES string of the molecule is CC(=O)N(CCC(=O)N1CCCCC1)CCc1ccc(S(N)(=O)=O)cc1. The highest BCUT2D eigenvalue weighted by Crippen LogP contribution is 2.12. The zero-order valence-electron chi connectivity index (χ0n) is 15.2. The van der Waals surface area contributed by atoms with Gasteiger partial charge in [0.05, 0.1) is 4.90 Å². The second-order valence-corrected chi connectivity index (χ2v) is 8.20. The minimum atomic E-state index is -3.70. The van der Waals surface area contributed by atoms with Crippen LogP contribution in [-0.2, 0) is 26.0 Å². The quantitative estimate of drug-likeness (QED) is 0.765. The summed E-state index contributed by atoms with van der Waals surface area (Å²) in [7, 11) is -3.70. The zero-order chi connectivity index (χ0) is 19.2. The van der Waals surface area contributed by atoms with Crippen LogP contribution in [0.2, 0.25) is 0 Å². The number of piperidine rings is 1. The molecule has 0 bridgehead atoms. The normalized spacial score (nSPS) is 14.9. The van der Waals surface area contributed by atoms with Crippen molar-refractivity contribution in [1.82, 2.24) is 9.80 Å². The summed E-state index contributed by atoms with van der Waals surface area (Å²) in [5.74, 6) is 0.0334. The third kappa shape index (κ3) is 6.10. The fraction of sp³-hybridized carbons (Fsp3) is 0.556. The molecule has 1 saturated heterocycles. The maximum absolute atomic E-state index is 12.3. The van der Waals surface area contributed by atoms with Crippen LogP contribution < -0.4 is 5.14 Å². The molecule has 0 aliphatic carbocycles. The summed E-state index contributed by atoms with van der Waals surface area (Å²) in [5.41, 5.74) is 0.908. The van der Waals surface area contributed by atoms with E-state index in [2.05, 4.69) is 0 Å². The maximum Gasteiger partial charge on any atom is 0.238 e. The van der Waals surface area contributed by atoms with E-state index < -0.39 is 10.0 Å². The number of benzene rings is 1. The standard InChI is InChI=1S/C18H27N3O4S/c1-15(22)20(14-10-18(23)21-11-3-2-4-12-21)13-9-16-5-7-17(8-6-16)26(19,24)25/h5-8H,2-4,9-14H2,1H3,(H2,19,24,25). The van der Waals surface area contributed by atoms with Gasteiger partial charge >= 0.3 is 0 Å². The Bertz CT molecular complexity index is 725.